The molecule has 2 rings (SSSR count). The van der Waals surface area contributed by atoms with E-state index in [9.17, 15) is 13.6 Å². The second-order valence-electron chi connectivity index (χ2n) is 5.05. The maximum Gasteiger partial charge on any atom is 0.220 e. The highest BCUT2D eigenvalue weighted by Gasteiger charge is 2.14. The molecule has 1 heterocycles. The second kappa shape index (κ2) is 7.31. The van der Waals surface area contributed by atoms with Gasteiger partial charge in [0.25, 0.3) is 0 Å². The van der Waals surface area contributed by atoms with Gasteiger partial charge < -0.3 is 5.32 Å². The van der Waals surface area contributed by atoms with Gasteiger partial charge in [-0.1, -0.05) is 6.07 Å². The van der Waals surface area contributed by atoms with Crippen LogP contribution in [0.15, 0.2) is 18.2 Å². The number of halogens is 2. The zero-order chi connectivity index (χ0) is 14.4. The average Bonchev–Trinajstić information content (AvgIpc) is 2.93. The summed E-state index contributed by atoms with van der Waals surface area (Å²) >= 11 is 0. The molecule has 1 aliphatic heterocycles. The third-order valence-electron chi connectivity index (χ3n) is 3.40. The predicted octanol–water partition coefficient (Wildman–Crippen LogP) is 1.48. The van der Waals surface area contributed by atoms with Crippen molar-refractivity contribution in [2.45, 2.75) is 25.8 Å². The molecule has 1 saturated heterocycles. The quantitative estimate of drug-likeness (QED) is 0.741. The van der Waals surface area contributed by atoms with Crippen molar-refractivity contribution < 1.29 is 13.6 Å². The van der Waals surface area contributed by atoms with Crippen LogP contribution in [-0.4, -0.2) is 19.0 Å². The third kappa shape index (κ3) is 4.54. The van der Waals surface area contributed by atoms with Crippen LogP contribution in [0.25, 0.3) is 0 Å². The Kier molecular flexibility index (Phi) is 5.43. The first-order valence-corrected chi connectivity index (χ1v) is 6.81. The molecular weight excluding hydrogens is 264 g/mol. The van der Waals surface area contributed by atoms with Gasteiger partial charge >= 0.3 is 0 Å². The highest BCUT2D eigenvalue weighted by molar-refractivity contribution is 5.75. The topological polar surface area (TPSA) is 53.2 Å². The fourth-order valence-corrected chi connectivity index (χ4v) is 2.20. The molecule has 0 radical (unpaired) electrons. The van der Waals surface area contributed by atoms with E-state index in [4.69, 9.17) is 0 Å². The molecule has 0 aliphatic carbocycles. The van der Waals surface area contributed by atoms with Gasteiger partial charge in [-0.15, -0.1) is 0 Å². The molecule has 0 spiro atoms. The van der Waals surface area contributed by atoms with Crippen molar-refractivity contribution in [2.75, 3.05) is 13.1 Å². The number of amides is 1. The first-order chi connectivity index (χ1) is 9.65. The minimum Gasteiger partial charge on any atom is -0.352 e. The van der Waals surface area contributed by atoms with Crippen LogP contribution < -0.4 is 16.2 Å². The summed E-state index contributed by atoms with van der Waals surface area (Å²) < 4.78 is 25.7. The van der Waals surface area contributed by atoms with Crippen molar-refractivity contribution in [3.05, 3.63) is 35.4 Å². The molecule has 1 amide bonds. The average molecular weight is 283 g/mol. The summed E-state index contributed by atoms with van der Waals surface area (Å²) in [6.45, 7) is 2.11. The Morgan fingerprint density at radius 1 is 1.25 bits per heavy atom. The minimum absolute atomic E-state index is 0.0614. The number of hydrogen-bond donors (Lipinski definition) is 3. The van der Waals surface area contributed by atoms with Crippen molar-refractivity contribution in [1.82, 2.24) is 16.2 Å². The van der Waals surface area contributed by atoms with Gasteiger partial charge in [0.05, 0.1) is 0 Å². The van der Waals surface area contributed by atoms with Crippen LogP contribution in [0.5, 0.6) is 0 Å². The molecule has 4 nitrogen and oxygen atoms in total. The van der Waals surface area contributed by atoms with Crippen molar-refractivity contribution in [3.63, 3.8) is 0 Å². The molecule has 1 aliphatic rings. The molecule has 0 bridgehead atoms. The molecule has 1 aromatic carbocycles. The van der Waals surface area contributed by atoms with E-state index in [2.05, 4.69) is 16.2 Å². The normalized spacial score (nSPS) is 15.5. The van der Waals surface area contributed by atoms with E-state index in [0.29, 0.717) is 17.9 Å². The van der Waals surface area contributed by atoms with Gasteiger partial charge in [-0.05, 0) is 36.5 Å². The Hall–Kier alpha value is -1.53. The largest absolute Gasteiger partial charge is 0.352 e. The Bertz CT molecular complexity index is 462. The molecule has 3 N–H and O–H groups in total. The number of hydrazine groups is 1. The van der Waals surface area contributed by atoms with E-state index < -0.39 is 11.6 Å². The summed E-state index contributed by atoms with van der Waals surface area (Å²) in [5.74, 6) is -1.25. The van der Waals surface area contributed by atoms with Gasteiger partial charge in [0.2, 0.25) is 5.91 Å². The number of carbonyl (C=O) groups excluding carboxylic acids is 1. The SMILES string of the molecule is O=C(CCCC1CNNC1)NCc1ccc(F)c(F)c1. The number of carbonyl (C=O) groups is 1. The van der Waals surface area contributed by atoms with E-state index in [1.54, 1.807) is 0 Å². The summed E-state index contributed by atoms with van der Waals surface area (Å²) in [7, 11) is 0. The van der Waals surface area contributed by atoms with Gasteiger partial charge in [-0.25, -0.2) is 8.78 Å². The smallest absolute Gasteiger partial charge is 0.220 e. The van der Waals surface area contributed by atoms with E-state index in [1.807, 2.05) is 0 Å². The van der Waals surface area contributed by atoms with Gasteiger partial charge in [0.1, 0.15) is 0 Å². The molecular formula is C14H19F2N3O. The summed E-state index contributed by atoms with van der Waals surface area (Å²) in [5, 5.41) is 2.71. The monoisotopic (exact) mass is 283 g/mol. The lowest BCUT2D eigenvalue weighted by molar-refractivity contribution is -0.121. The van der Waals surface area contributed by atoms with Crippen molar-refractivity contribution >= 4 is 5.91 Å². The Balaban J connectivity index is 1.65. The van der Waals surface area contributed by atoms with Crippen LogP contribution in [0.3, 0.4) is 0 Å². The first kappa shape index (κ1) is 14.9. The van der Waals surface area contributed by atoms with Gasteiger partial charge in [0.15, 0.2) is 11.6 Å². The lowest BCUT2D eigenvalue weighted by atomic mass is 10.0. The molecule has 0 saturated carbocycles. The Morgan fingerprint density at radius 3 is 2.70 bits per heavy atom. The van der Waals surface area contributed by atoms with E-state index in [0.717, 1.165) is 38.1 Å². The maximum atomic E-state index is 13.0. The Morgan fingerprint density at radius 2 is 2.00 bits per heavy atom. The predicted molar refractivity (Wildman–Crippen MR) is 71.6 cm³/mol. The Labute approximate surface area is 116 Å². The molecule has 0 atom stereocenters. The minimum atomic E-state index is -0.891. The van der Waals surface area contributed by atoms with Crippen LogP contribution in [0.4, 0.5) is 8.78 Å². The fourth-order valence-electron chi connectivity index (χ4n) is 2.20. The standard InChI is InChI=1S/C14H19F2N3O/c15-12-5-4-10(6-13(12)16)7-17-14(20)3-1-2-11-8-18-19-9-11/h4-6,11,18-19H,1-3,7-9H2,(H,17,20). The maximum absolute atomic E-state index is 13.0. The second-order valence-corrected chi connectivity index (χ2v) is 5.05. The number of benzene rings is 1. The summed E-state index contributed by atoms with van der Waals surface area (Å²) in [4.78, 5) is 11.6. The number of nitrogens with one attached hydrogen (secondary N) is 3. The highest BCUT2D eigenvalue weighted by Crippen LogP contribution is 2.10. The first-order valence-electron chi connectivity index (χ1n) is 6.81. The number of hydrogen-bond acceptors (Lipinski definition) is 3. The van der Waals surface area contributed by atoms with E-state index >= 15 is 0 Å². The van der Waals surface area contributed by atoms with Gasteiger partial charge in [0, 0.05) is 26.1 Å². The zero-order valence-electron chi connectivity index (χ0n) is 11.2. The van der Waals surface area contributed by atoms with Crippen molar-refractivity contribution in [3.8, 4) is 0 Å². The molecule has 1 fully saturated rings. The van der Waals surface area contributed by atoms with Crippen LogP contribution in [0, 0.1) is 17.6 Å². The van der Waals surface area contributed by atoms with Crippen LogP contribution in [-0.2, 0) is 11.3 Å². The lowest BCUT2D eigenvalue weighted by Gasteiger charge is -2.08. The number of rotatable bonds is 6. The van der Waals surface area contributed by atoms with Gasteiger partial charge in [-0.3, -0.25) is 15.6 Å². The molecule has 6 heteroatoms. The molecule has 20 heavy (non-hydrogen) atoms. The summed E-state index contributed by atoms with van der Waals surface area (Å²) in [6, 6.07) is 3.64. The van der Waals surface area contributed by atoms with E-state index in [1.165, 1.54) is 6.07 Å². The van der Waals surface area contributed by atoms with Crippen molar-refractivity contribution in [1.29, 1.82) is 0 Å². The summed E-state index contributed by atoms with van der Waals surface area (Å²) in [6.07, 6.45) is 2.29. The van der Waals surface area contributed by atoms with Crippen LogP contribution in [0.2, 0.25) is 0 Å². The van der Waals surface area contributed by atoms with Crippen molar-refractivity contribution in [2.24, 2.45) is 5.92 Å². The van der Waals surface area contributed by atoms with Crippen LogP contribution >= 0.6 is 0 Å². The van der Waals surface area contributed by atoms with Gasteiger partial charge in [-0.2, -0.15) is 0 Å². The molecule has 110 valence electrons. The van der Waals surface area contributed by atoms with E-state index in [-0.39, 0.29) is 12.5 Å². The molecule has 1 aromatic rings. The summed E-state index contributed by atoms with van der Waals surface area (Å²) in [5.41, 5.74) is 6.66. The highest BCUT2D eigenvalue weighted by atomic mass is 19.2. The molecule has 0 unspecified atom stereocenters. The van der Waals surface area contributed by atoms with Crippen LogP contribution in [0.1, 0.15) is 24.8 Å². The molecule has 0 aromatic heterocycles. The fraction of sp³-hybridized carbons (Fsp3) is 0.500. The lowest BCUT2D eigenvalue weighted by Crippen LogP contribution is -2.22. The third-order valence-corrected chi connectivity index (χ3v) is 3.40. The zero-order valence-corrected chi connectivity index (χ0v) is 11.2.